The van der Waals surface area contributed by atoms with Gasteiger partial charge in [0.2, 0.25) is 0 Å². The third-order valence-corrected chi connectivity index (χ3v) is 7.16. The van der Waals surface area contributed by atoms with Gasteiger partial charge in [-0.1, -0.05) is 22.9 Å². The van der Waals surface area contributed by atoms with Gasteiger partial charge in [-0.3, -0.25) is 4.79 Å². The SMILES string of the molecule is COc1ccc(Cl)c2sc(N3CCN(C(=O)c4ccc(SC)cc4)CC3)nc12. The summed E-state index contributed by atoms with van der Waals surface area (Å²) in [5, 5.41) is 1.60. The fourth-order valence-electron chi connectivity index (χ4n) is 3.26. The summed E-state index contributed by atoms with van der Waals surface area (Å²) in [5.74, 6) is 0.811. The number of halogens is 1. The molecule has 0 bridgehead atoms. The number of anilines is 1. The molecular weight excluding hydrogens is 414 g/mol. The van der Waals surface area contributed by atoms with E-state index in [4.69, 9.17) is 21.3 Å². The molecule has 1 aliphatic heterocycles. The maximum Gasteiger partial charge on any atom is 0.253 e. The van der Waals surface area contributed by atoms with Crippen LogP contribution in [-0.2, 0) is 0 Å². The Balaban J connectivity index is 1.47. The van der Waals surface area contributed by atoms with Crippen LogP contribution >= 0.6 is 34.7 Å². The van der Waals surface area contributed by atoms with Crippen LogP contribution in [0.3, 0.4) is 0 Å². The van der Waals surface area contributed by atoms with E-state index >= 15 is 0 Å². The van der Waals surface area contributed by atoms with Gasteiger partial charge in [0.15, 0.2) is 5.13 Å². The van der Waals surface area contributed by atoms with E-state index < -0.39 is 0 Å². The summed E-state index contributed by atoms with van der Waals surface area (Å²) in [6.45, 7) is 2.83. The fraction of sp³-hybridized carbons (Fsp3) is 0.300. The van der Waals surface area contributed by atoms with Crippen molar-refractivity contribution in [1.82, 2.24) is 9.88 Å². The summed E-state index contributed by atoms with van der Waals surface area (Å²) in [7, 11) is 1.64. The summed E-state index contributed by atoms with van der Waals surface area (Å²) in [6, 6.07) is 11.5. The molecular formula is C20H20ClN3O2S2. The number of ether oxygens (including phenoxy) is 1. The highest BCUT2D eigenvalue weighted by Gasteiger charge is 2.24. The Morgan fingerprint density at radius 2 is 1.86 bits per heavy atom. The molecule has 1 aromatic heterocycles. The van der Waals surface area contributed by atoms with Crippen molar-refractivity contribution in [2.24, 2.45) is 0 Å². The van der Waals surface area contributed by atoms with Crippen molar-refractivity contribution in [3.8, 4) is 5.75 Å². The van der Waals surface area contributed by atoms with Gasteiger partial charge in [0.05, 0.1) is 16.8 Å². The second-order valence-corrected chi connectivity index (χ2v) is 8.70. The molecule has 0 radical (unpaired) electrons. The van der Waals surface area contributed by atoms with E-state index in [1.165, 1.54) is 0 Å². The highest BCUT2D eigenvalue weighted by Crippen LogP contribution is 2.38. The van der Waals surface area contributed by atoms with Crippen LogP contribution in [0.5, 0.6) is 5.75 Å². The van der Waals surface area contributed by atoms with Gasteiger partial charge >= 0.3 is 0 Å². The number of rotatable bonds is 4. The van der Waals surface area contributed by atoms with E-state index in [-0.39, 0.29) is 5.91 Å². The number of thiazole rings is 1. The number of benzene rings is 2. The first-order valence-electron chi connectivity index (χ1n) is 8.92. The summed E-state index contributed by atoms with van der Waals surface area (Å²) in [4.78, 5) is 22.8. The van der Waals surface area contributed by atoms with Crippen molar-refractivity contribution in [1.29, 1.82) is 0 Å². The first kappa shape index (κ1) is 19.4. The zero-order valence-corrected chi connectivity index (χ0v) is 18.0. The fourth-order valence-corrected chi connectivity index (χ4v) is 4.97. The lowest BCUT2D eigenvalue weighted by atomic mass is 10.2. The first-order valence-corrected chi connectivity index (χ1v) is 11.3. The molecule has 3 aromatic rings. The lowest BCUT2D eigenvalue weighted by Gasteiger charge is -2.34. The van der Waals surface area contributed by atoms with Crippen LogP contribution in [0, 0.1) is 0 Å². The largest absolute Gasteiger partial charge is 0.494 e. The van der Waals surface area contributed by atoms with Crippen LogP contribution in [0.1, 0.15) is 10.4 Å². The summed E-state index contributed by atoms with van der Waals surface area (Å²) >= 11 is 9.57. The molecule has 2 aromatic carbocycles. The molecule has 1 fully saturated rings. The van der Waals surface area contributed by atoms with Crippen molar-refractivity contribution in [2.75, 3.05) is 44.4 Å². The first-order chi connectivity index (χ1) is 13.6. The minimum absolute atomic E-state index is 0.0846. The number of piperazine rings is 1. The van der Waals surface area contributed by atoms with E-state index in [1.54, 1.807) is 30.2 Å². The standard InChI is InChI=1S/C20H20ClN3O2S2/c1-26-16-8-7-15(21)18-17(16)22-20(28-18)24-11-9-23(10-12-24)19(25)13-3-5-14(27-2)6-4-13/h3-8H,9-12H2,1-2H3. The Morgan fingerprint density at radius 3 is 2.50 bits per heavy atom. The molecule has 28 heavy (non-hydrogen) atoms. The number of nitrogens with zero attached hydrogens (tertiary/aromatic N) is 3. The highest BCUT2D eigenvalue weighted by atomic mass is 35.5. The molecule has 4 rings (SSSR count). The van der Waals surface area contributed by atoms with E-state index in [1.807, 2.05) is 47.6 Å². The summed E-state index contributed by atoms with van der Waals surface area (Å²) in [6.07, 6.45) is 2.03. The predicted molar refractivity (Wildman–Crippen MR) is 118 cm³/mol. The minimum atomic E-state index is 0.0846. The third kappa shape index (κ3) is 3.66. The minimum Gasteiger partial charge on any atom is -0.494 e. The monoisotopic (exact) mass is 433 g/mol. The van der Waals surface area contributed by atoms with Gasteiger partial charge in [-0.05, 0) is 42.7 Å². The van der Waals surface area contributed by atoms with Gasteiger partial charge < -0.3 is 14.5 Å². The van der Waals surface area contributed by atoms with Crippen LogP contribution in [0.25, 0.3) is 10.2 Å². The summed E-state index contributed by atoms with van der Waals surface area (Å²) in [5.41, 5.74) is 1.53. The second kappa shape index (κ2) is 8.19. The van der Waals surface area contributed by atoms with Crippen LogP contribution in [0.4, 0.5) is 5.13 Å². The molecule has 0 unspecified atom stereocenters. The molecule has 146 valence electrons. The van der Waals surface area contributed by atoms with Gasteiger partial charge in [0, 0.05) is 36.6 Å². The average Bonchev–Trinajstić information content (AvgIpc) is 3.20. The molecule has 0 saturated carbocycles. The van der Waals surface area contributed by atoms with Crippen molar-refractivity contribution in [3.05, 3.63) is 47.0 Å². The molecule has 0 aliphatic carbocycles. The maximum absolute atomic E-state index is 12.8. The number of methoxy groups -OCH3 is 1. The molecule has 8 heteroatoms. The zero-order chi connectivity index (χ0) is 19.7. The number of amides is 1. The van der Waals surface area contributed by atoms with Crippen LogP contribution < -0.4 is 9.64 Å². The topological polar surface area (TPSA) is 45.7 Å². The van der Waals surface area contributed by atoms with Crippen molar-refractivity contribution in [3.63, 3.8) is 0 Å². The number of fused-ring (bicyclic) bond motifs is 1. The van der Waals surface area contributed by atoms with Crippen LogP contribution in [-0.4, -0.2) is 55.3 Å². The number of thioether (sulfide) groups is 1. The average molecular weight is 434 g/mol. The molecule has 5 nitrogen and oxygen atoms in total. The number of hydrogen-bond donors (Lipinski definition) is 0. The quantitative estimate of drug-likeness (QED) is 0.561. The van der Waals surface area contributed by atoms with E-state index in [2.05, 4.69) is 4.90 Å². The van der Waals surface area contributed by atoms with Crippen molar-refractivity contribution < 1.29 is 9.53 Å². The van der Waals surface area contributed by atoms with Gasteiger partial charge in [0.25, 0.3) is 5.91 Å². The normalized spacial score (nSPS) is 14.5. The van der Waals surface area contributed by atoms with E-state index in [0.29, 0.717) is 18.1 Å². The Labute approximate surface area is 177 Å². The Morgan fingerprint density at radius 1 is 1.14 bits per heavy atom. The second-order valence-electron chi connectivity index (χ2n) is 6.43. The van der Waals surface area contributed by atoms with Gasteiger partial charge in [-0.15, -0.1) is 11.8 Å². The maximum atomic E-state index is 12.8. The van der Waals surface area contributed by atoms with E-state index in [0.717, 1.165) is 44.6 Å². The van der Waals surface area contributed by atoms with Gasteiger partial charge in [-0.25, -0.2) is 4.98 Å². The Kier molecular flexibility index (Phi) is 5.66. The molecule has 2 heterocycles. The molecule has 1 amide bonds. The van der Waals surface area contributed by atoms with Crippen LogP contribution in [0.2, 0.25) is 5.02 Å². The van der Waals surface area contributed by atoms with Gasteiger partial charge in [-0.2, -0.15) is 0 Å². The van der Waals surface area contributed by atoms with Crippen molar-refractivity contribution >= 4 is 56.0 Å². The van der Waals surface area contributed by atoms with Crippen LogP contribution in [0.15, 0.2) is 41.3 Å². The zero-order valence-electron chi connectivity index (χ0n) is 15.6. The van der Waals surface area contributed by atoms with E-state index in [9.17, 15) is 4.79 Å². The molecule has 0 N–H and O–H groups in total. The number of carbonyl (C=O) groups excluding carboxylic acids is 1. The third-order valence-electron chi connectivity index (χ3n) is 4.84. The Bertz CT molecular complexity index is 999. The molecule has 1 saturated heterocycles. The number of hydrogen-bond acceptors (Lipinski definition) is 6. The number of aromatic nitrogens is 1. The summed E-state index contributed by atoms with van der Waals surface area (Å²) < 4.78 is 6.34. The van der Waals surface area contributed by atoms with Crippen molar-refractivity contribution in [2.45, 2.75) is 4.90 Å². The Hall–Kier alpha value is -1.96. The lowest BCUT2D eigenvalue weighted by molar-refractivity contribution is 0.0746. The van der Waals surface area contributed by atoms with Gasteiger partial charge in [0.1, 0.15) is 11.3 Å². The molecule has 0 atom stereocenters. The highest BCUT2D eigenvalue weighted by molar-refractivity contribution is 7.98. The molecule has 1 aliphatic rings. The number of carbonyl (C=O) groups is 1. The smallest absolute Gasteiger partial charge is 0.253 e. The lowest BCUT2D eigenvalue weighted by Crippen LogP contribution is -2.48. The molecule has 0 spiro atoms. The predicted octanol–water partition coefficient (Wildman–Crippen LogP) is 4.64.